The van der Waals surface area contributed by atoms with Crippen LogP contribution in [0, 0.1) is 12.7 Å². The van der Waals surface area contributed by atoms with Crippen LogP contribution in [0.2, 0.25) is 5.02 Å². The summed E-state index contributed by atoms with van der Waals surface area (Å²) in [6.45, 7) is 3.82. The van der Waals surface area contributed by atoms with E-state index in [2.05, 4.69) is 0 Å². The molecule has 0 aromatic heterocycles. The molecule has 2 aromatic rings. The zero-order chi connectivity index (χ0) is 13.3. The zero-order valence-corrected chi connectivity index (χ0v) is 11.1. The summed E-state index contributed by atoms with van der Waals surface area (Å²) in [4.78, 5) is 0. The van der Waals surface area contributed by atoms with Crippen LogP contribution in [0.5, 0.6) is 0 Å². The van der Waals surface area contributed by atoms with Gasteiger partial charge in [-0.05, 0) is 48.7 Å². The van der Waals surface area contributed by atoms with E-state index in [0.29, 0.717) is 10.6 Å². The Morgan fingerprint density at radius 1 is 1.11 bits per heavy atom. The SMILES string of the molecule is Cc1ccccc1C(C)(N)c1cc(F)ccc1Cl. The Labute approximate surface area is 111 Å². The number of aryl methyl sites for hydroxylation is 1. The molecule has 0 heterocycles. The third kappa shape index (κ3) is 2.26. The smallest absolute Gasteiger partial charge is 0.123 e. The van der Waals surface area contributed by atoms with E-state index >= 15 is 0 Å². The van der Waals surface area contributed by atoms with Crippen LogP contribution in [0.1, 0.15) is 23.6 Å². The first kappa shape index (κ1) is 13.1. The van der Waals surface area contributed by atoms with E-state index in [1.807, 2.05) is 38.1 Å². The second-order valence-corrected chi connectivity index (χ2v) is 5.05. The van der Waals surface area contributed by atoms with Crippen LogP contribution in [0.4, 0.5) is 4.39 Å². The maximum Gasteiger partial charge on any atom is 0.123 e. The van der Waals surface area contributed by atoms with E-state index in [4.69, 9.17) is 17.3 Å². The van der Waals surface area contributed by atoms with Gasteiger partial charge in [0.25, 0.3) is 0 Å². The van der Waals surface area contributed by atoms with Crippen molar-refractivity contribution in [2.45, 2.75) is 19.4 Å². The van der Waals surface area contributed by atoms with Gasteiger partial charge >= 0.3 is 0 Å². The van der Waals surface area contributed by atoms with E-state index in [1.165, 1.54) is 18.2 Å². The van der Waals surface area contributed by atoms with Gasteiger partial charge in [-0.2, -0.15) is 0 Å². The van der Waals surface area contributed by atoms with Crippen molar-refractivity contribution in [3.8, 4) is 0 Å². The highest BCUT2D eigenvalue weighted by Gasteiger charge is 2.27. The van der Waals surface area contributed by atoms with Gasteiger partial charge in [-0.25, -0.2) is 4.39 Å². The van der Waals surface area contributed by atoms with Crippen LogP contribution < -0.4 is 5.73 Å². The molecular formula is C15H15ClFN. The number of hydrogen-bond acceptors (Lipinski definition) is 1. The Bertz CT molecular complexity index is 578. The van der Waals surface area contributed by atoms with Gasteiger partial charge in [0.1, 0.15) is 5.82 Å². The molecule has 94 valence electrons. The number of benzene rings is 2. The molecule has 2 aromatic carbocycles. The molecule has 1 atom stereocenters. The highest BCUT2D eigenvalue weighted by Crippen LogP contribution is 2.33. The lowest BCUT2D eigenvalue weighted by Gasteiger charge is -2.28. The van der Waals surface area contributed by atoms with Crippen molar-refractivity contribution in [1.82, 2.24) is 0 Å². The maximum atomic E-state index is 13.4. The normalized spacial score (nSPS) is 14.3. The van der Waals surface area contributed by atoms with Gasteiger partial charge < -0.3 is 5.73 Å². The molecule has 0 aliphatic rings. The molecule has 2 rings (SSSR count). The number of halogens is 2. The summed E-state index contributed by atoms with van der Waals surface area (Å²) in [5, 5.41) is 0.477. The highest BCUT2D eigenvalue weighted by atomic mass is 35.5. The Kier molecular flexibility index (Phi) is 3.42. The molecule has 0 amide bonds. The van der Waals surface area contributed by atoms with E-state index in [-0.39, 0.29) is 5.82 Å². The standard InChI is InChI=1S/C15H15ClFN/c1-10-5-3-4-6-12(10)15(2,18)13-9-11(17)7-8-14(13)16/h3-9H,18H2,1-2H3. The lowest BCUT2D eigenvalue weighted by molar-refractivity contribution is 0.579. The predicted molar refractivity (Wildman–Crippen MR) is 73.2 cm³/mol. The summed E-state index contributed by atoms with van der Waals surface area (Å²) in [6, 6.07) is 12.1. The minimum atomic E-state index is -0.815. The quantitative estimate of drug-likeness (QED) is 0.870. The van der Waals surface area contributed by atoms with Gasteiger partial charge in [0.2, 0.25) is 0 Å². The monoisotopic (exact) mass is 263 g/mol. The Balaban J connectivity index is 2.61. The molecule has 3 heteroatoms. The van der Waals surface area contributed by atoms with Crippen LogP contribution in [-0.2, 0) is 5.54 Å². The van der Waals surface area contributed by atoms with Crippen LogP contribution in [0.15, 0.2) is 42.5 Å². The van der Waals surface area contributed by atoms with Crippen LogP contribution in [0.3, 0.4) is 0 Å². The van der Waals surface area contributed by atoms with Crippen LogP contribution in [-0.4, -0.2) is 0 Å². The molecule has 0 fully saturated rings. The molecule has 1 nitrogen and oxygen atoms in total. The average molecular weight is 264 g/mol. The second kappa shape index (κ2) is 4.71. The molecule has 0 aliphatic carbocycles. The van der Waals surface area contributed by atoms with Gasteiger partial charge in [-0.3, -0.25) is 0 Å². The van der Waals surface area contributed by atoms with Crippen molar-refractivity contribution in [1.29, 1.82) is 0 Å². The van der Waals surface area contributed by atoms with Gasteiger partial charge in [0, 0.05) is 5.02 Å². The molecule has 0 radical (unpaired) electrons. The molecule has 0 spiro atoms. The molecule has 0 bridgehead atoms. The third-order valence-corrected chi connectivity index (χ3v) is 3.52. The first-order valence-corrected chi connectivity index (χ1v) is 6.11. The van der Waals surface area contributed by atoms with Gasteiger partial charge in [0.05, 0.1) is 5.54 Å². The Morgan fingerprint density at radius 2 is 1.78 bits per heavy atom. The van der Waals surface area contributed by atoms with Gasteiger partial charge in [-0.15, -0.1) is 0 Å². The minimum absolute atomic E-state index is 0.334. The molecular weight excluding hydrogens is 249 g/mol. The lowest BCUT2D eigenvalue weighted by Crippen LogP contribution is -2.35. The van der Waals surface area contributed by atoms with Crippen molar-refractivity contribution < 1.29 is 4.39 Å². The second-order valence-electron chi connectivity index (χ2n) is 4.64. The Morgan fingerprint density at radius 3 is 2.44 bits per heavy atom. The molecule has 18 heavy (non-hydrogen) atoms. The largest absolute Gasteiger partial charge is 0.318 e. The summed E-state index contributed by atoms with van der Waals surface area (Å²) in [5.74, 6) is -0.334. The first-order chi connectivity index (χ1) is 8.43. The van der Waals surface area contributed by atoms with E-state index < -0.39 is 5.54 Å². The van der Waals surface area contributed by atoms with Crippen molar-refractivity contribution in [2.24, 2.45) is 5.73 Å². The first-order valence-electron chi connectivity index (χ1n) is 5.73. The van der Waals surface area contributed by atoms with Crippen molar-refractivity contribution in [3.63, 3.8) is 0 Å². The fraction of sp³-hybridized carbons (Fsp3) is 0.200. The molecule has 2 N–H and O–H groups in total. The van der Waals surface area contributed by atoms with Gasteiger partial charge in [-0.1, -0.05) is 35.9 Å². The lowest BCUT2D eigenvalue weighted by atomic mass is 9.83. The molecule has 0 aliphatic heterocycles. The van der Waals surface area contributed by atoms with E-state index in [1.54, 1.807) is 0 Å². The van der Waals surface area contributed by atoms with Crippen LogP contribution in [0.25, 0.3) is 0 Å². The minimum Gasteiger partial charge on any atom is -0.318 e. The Hall–Kier alpha value is -1.38. The van der Waals surface area contributed by atoms with Crippen molar-refractivity contribution in [2.75, 3.05) is 0 Å². The highest BCUT2D eigenvalue weighted by molar-refractivity contribution is 6.31. The summed E-state index contributed by atoms with van der Waals surface area (Å²) in [7, 11) is 0. The van der Waals surface area contributed by atoms with Crippen molar-refractivity contribution >= 4 is 11.6 Å². The fourth-order valence-electron chi connectivity index (χ4n) is 2.20. The average Bonchev–Trinajstić information content (AvgIpc) is 2.32. The van der Waals surface area contributed by atoms with Crippen molar-refractivity contribution in [3.05, 3.63) is 70.0 Å². The number of nitrogens with two attached hydrogens (primary N) is 1. The molecule has 0 saturated heterocycles. The fourth-order valence-corrected chi connectivity index (χ4v) is 2.51. The zero-order valence-electron chi connectivity index (χ0n) is 10.4. The van der Waals surface area contributed by atoms with Gasteiger partial charge in [0.15, 0.2) is 0 Å². The number of rotatable bonds is 2. The third-order valence-electron chi connectivity index (χ3n) is 3.19. The topological polar surface area (TPSA) is 26.0 Å². The summed E-state index contributed by atoms with van der Waals surface area (Å²) < 4.78 is 13.4. The van der Waals surface area contributed by atoms with E-state index in [0.717, 1.165) is 11.1 Å². The molecule has 0 saturated carbocycles. The number of hydrogen-bond donors (Lipinski definition) is 1. The summed E-state index contributed by atoms with van der Waals surface area (Å²) in [5.41, 5.74) is 8.16. The predicted octanol–water partition coefficient (Wildman–Crippen LogP) is 4.01. The maximum absolute atomic E-state index is 13.4. The van der Waals surface area contributed by atoms with Crippen LogP contribution >= 0.6 is 11.6 Å². The van der Waals surface area contributed by atoms with E-state index in [9.17, 15) is 4.39 Å². The summed E-state index contributed by atoms with van der Waals surface area (Å²) >= 11 is 6.14. The molecule has 1 unspecified atom stereocenters. The summed E-state index contributed by atoms with van der Waals surface area (Å²) in [6.07, 6.45) is 0.